The third-order valence-corrected chi connectivity index (χ3v) is 10.9. The zero-order valence-corrected chi connectivity index (χ0v) is 26.7. The van der Waals surface area contributed by atoms with Gasteiger partial charge in [0, 0.05) is 31.4 Å². The van der Waals surface area contributed by atoms with Gasteiger partial charge < -0.3 is 15.0 Å². The Kier molecular flexibility index (Phi) is 7.94. The van der Waals surface area contributed by atoms with E-state index in [9.17, 15) is 17.6 Å². The zero-order valence-electron chi connectivity index (χ0n) is 25.9. The van der Waals surface area contributed by atoms with Gasteiger partial charge in [0.1, 0.15) is 11.6 Å². The number of sulfonamides is 1. The van der Waals surface area contributed by atoms with Gasteiger partial charge in [-0.05, 0) is 72.3 Å². The number of hydrogen-bond donors (Lipinski definition) is 2. The van der Waals surface area contributed by atoms with Crippen LogP contribution < -0.4 is 20.3 Å². The average Bonchev–Trinajstić information content (AvgIpc) is 2.94. The molecule has 3 aliphatic carbocycles. The molecule has 12 heteroatoms. The number of rotatable bonds is 8. The molecule has 3 saturated carbocycles. The first-order valence-corrected chi connectivity index (χ1v) is 17.1. The van der Waals surface area contributed by atoms with Crippen LogP contribution in [0.15, 0.2) is 52.5 Å². The van der Waals surface area contributed by atoms with Crippen LogP contribution in [-0.4, -0.2) is 67.4 Å². The Hall–Kier alpha value is -3.51. The highest BCUT2D eigenvalue weighted by molar-refractivity contribution is 7.88. The van der Waals surface area contributed by atoms with Gasteiger partial charge in [0.05, 0.1) is 42.7 Å². The number of fused-ring (bicyclic) bond motifs is 3. The van der Waals surface area contributed by atoms with Crippen molar-refractivity contribution in [2.45, 2.75) is 58.7 Å². The average molecular weight is 625 g/mol. The molecule has 2 N–H and O–H groups in total. The zero-order chi connectivity index (χ0) is 31.4. The molecule has 4 atom stereocenters. The third kappa shape index (κ3) is 5.93. The maximum atomic E-state index is 14.4. The molecule has 0 radical (unpaired) electrons. The molecule has 0 unspecified atom stereocenters. The summed E-state index contributed by atoms with van der Waals surface area (Å²) >= 11 is 0. The molecule has 1 aromatic heterocycles. The van der Waals surface area contributed by atoms with Crippen molar-refractivity contribution < 1.29 is 17.5 Å². The molecule has 4 fully saturated rings. The number of hydrogen-bond acceptors (Lipinski definition) is 6. The summed E-state index contributed by atoms with van der Waals surface area (Å²) in [4.78, 5) is 25.1. The molecule has 236 valence electrons. The maximum absolute atomic E-state index is 14.4. The Labute approximate surface area is 257 Å². The first-order valence-electron chi connectivity index (χ1n) is 15.2. The number of aryl methyl sites for hydroxylation is 2. The molecule has 1 saturated heterocycles. The van der Waals surface area contributed by atoms with Crippen LogP contribution in [0.25, 0.3) is 10.9 Å². The van der Waals surface area contributed by atoms with Gasteiger partial charge in [0.25, 0.3) is 5.56 Å². The van der Waals surface area contributed by atoms with E-state index in [0.29, 0.717) is 70.9 Å². The summed E-state index contributed by atoms with van der Waals surface area (Å²) in [7, 11) is -1.81. The van der Waals surface area contributed by atoms with Crippen LogP contribution in [0, 0.1) is 29.0 Å². The Morgan fingerprint density at radius 2 is 1.95 bits per heavy atom. The van der Waals surface area contributed by atoms with Crippen LogP contribution in [0.1, 0.15) is 39.2 Å². The molecule has 3 aromatic rings. The van der Waals surface area contributed by atoms with Crippen LogP contribution in [-0.2, 0) is 23.0 Å². The first-order chi connectivity index (χ1) is 20.8. The summed E-state index contributed by atoms with van der Waals surface area (Å²) in [6.45, 7) is 8.36. The number of aliphatic imine (C=N–C) groups is 1. The first kappa shape index (κ1) is 30.5. The van der Waals surface area contributed by atoms with E-state index >= 15 is 0 Å². The number of methoxy groups -OCH3 is 1. The molecule has 10 nitrogen and oxygen atoms in total. The highest BCUT2D eigenvalue weighted by atomic mass is 32.2. The molecule has 2 bridgehead atoms. The third-order valence-electron chi connectivity index (χ3n) is 10.1. The van der Waals surface area contributed by atoms with Crippen molar-refractivity contribution in [3.8, 4) is 5.75 Å². The Bertz CT molecular complexity index is 1770. The Morgan fingerprint density at radius 3 is 2.61 bits per heavy atom. The summed E-state index contributed by atoms with van der Waals surface area (Å²) in [6.07, 6.45) is 5.31. The number of anilines is 1. The molecule has 1 aliphatic heterocycles. The van der Waals surface area contributed by atoms with E-state index in [1.165, 1.54) is 36.7 Å². The molecule has 2 aromatic carbocycles. The summed E-state index contributed by atoms with van der Waals surface area (Å²) in [5.74, 6) is 2.52. The van der Waals surface area contributed by atoms with E-state index in [1.54, 1.807) is 18.2 Å². The van der Waals surface area contributed by atoms with Gasteiger partial charge in [0.15, 0.2) is 5.96 Å². The second-order valence-electron chi connectivity index (χ2n) is 13.3. The fraction of sp³-hybridized carbons (Fsp3) is 0.531. The number of nitrogens with zero attached hydrogens (tertiary/aromatic N) is 4. The number of benzene rings is 2. The van der Waals surface area contributed by atoms with Crippen molar-refractivity contribution in [3.63, 3.8) is 0 Å². The molecular weight excluding hydrogens is 583 g/mol. The fourth-order valence-corrected chi connectivity index (χ4v) is 8.05. The lowest BCUT2D eigenvalue weighted by atomic mass is 9.45. The highest BCUT2D eigenvalue weighted by Crippen LogP contribution is 2.61. The van der Waals surface area contributed by atoms with Crippen LogP contribution in [0.4, 0.5) is 10.1 Å². The molecule has 0 amide bonds. The second-order valence-corrected chi connectivity index (χ2v) is 15.1. The lowest BCUT2D eigenvalue weighted by Crippen LogP contribution is -2.62. The van der Waals surface area contributed by atoms with E-state index in [4.69, 9.17) is 9.73 Å². The van der Waals surface area contributed by atoms with Crippen LogP contribution in [0.5, 0.6) is 5.75 Å². The second kappa shape index (κ2) is 11.4. The predicted molar refractivity (Wildman–Crippen MR) is 170 cm³/mol. The number of likely N-dealkylation sites (tertiary alicyclic amines) is 1. The normalized spacial score (nSPS) is 25.0. The number of guanidine groups is 1. The SMILES string of the molecule is COc1ccc(CCn2cnc3cc(NC(=N[C@H]4C[C@H]5C[C@H]([C@H]4C)C5(C)C)N4CC(NS(C)(=O)=O)C4)ccc3c2=O)c(F)c1. The molecule has 4 aliphatic rings. The summed E-state index contributed by atoms with van der Waals surface area (Å²) < 4.78 is 47.2. The number of ether oxygens (including phenoxy) is 1. The van der Waals surface area contributed by atoms with Gasteiger partial charge in [-0.1, -0.05) is 26.8 Å². The lowest BCUT2D eigenvalue weighted by Gasteiger charge is -2.61. The standard InChI is InChI=1S/C32H41FN6O4S/c1-19-26-12-21(32(26,2)3)13-28(19)36-31(39-16-23(17-39)37-44(5,41)42)35-22-7-9-25-29(14-22)34-18-38(30(25)40)11-10-20-6-8-24(43-4)15-27(20)33/h6-9,14-15,18-19,21,23,26,28,37H,10-13,16-17H2,1-5H3,(H,35,36)/t19-,21-,26-,28+/m1/s1. The van der Waals surface area contributed by atoms with E-state index < -0.39 is 10.0 Å². The highest BCUT2D eigenvalue weighted by Gasteiger charge is 2.56. The van der Waals surface area contributed by atoms with Crippen molar-refractivity contribution >= 4 is 32.6 Å². The predicted octanol–water partition coefficient (Wildman–Crippen LogP) is 3.86. The number of aromatic nitrogens is 2. The van der Waals surface area contributed by atoms with Gasteiger partial charge in [-0.3, -0.25) is 9.36 Å². The van der Waals surface area contributed by atoms with Crippen molar-refractivity contribution in [2.24, 2.45) is 28.2 Å². The van der Waals surface area contributed by atoms with Crippen LogP contribution in [0.3, 0.4) is 0 Å². The summed E-state index contributed by atoms with van der Waals surface area (Å²) in [5, 5.41) is 3.94. The largest absolute Gasteiger partial charge is 0.497 e. The summed E-state index contributed by atoms with van der Waals surface area (Å²) in [5.41, 5.74) is 1.94. The van der Waals surface area contributed by atoms with Gasteiger partial charge in [0.2, 0.25) is 10.0 Å². The van der Waals surface area contributed by atoms with Crippen LogP contribution >= 0.6 is 0 Å². The minimum Gasteiger partial charge on any atom is -0.497 e. The topological polar surface area (TPSA) is 118 Å². The van der Waals surface area contributed by atoms with Gasteiger partial charge in [-0.25, -0.2) is 27.5 Å². The summed E-state index contributed by atoms with van der Waals surface area (Å²) in [6, 6.07) is 10.1. The molecule has 0 spiro atoms. The van der Waals surface area contributed by atoms with Gasteiger partial charge in [-0.2, -0.15) is 0 Å². The quantitative estimate of drug-likeness (QED) is 0.289. The number of halogens is 1. The Balaban J connectivity index is 1.21. The van der Waals surface area contributed by atoms with Gasteiger partial charge in [-0.15, -0.1) is 0 Å². The van der Waals surface area contributed by atoms with E-state index in [2.05, 4.69) is 40.7 Å². The molecule has 7 rings (SSSR count). The fourth-order valence-electron chi connectivity index (χ4n) is 7.30. The molecule has 44 heavy (non-hydrogen) atoms. The van der Waals surface area contributed by atoms with Crippen molar-refractivity contribution in [3.05, 3.63) is 64.5 Å². The van der Waals surface area contributed by atoms with E-state index in [-0.39, 0.29) is 30.0 Å². The smallest absolute Gasteiger partial charge is 0.261 e. The monoisotopic (exact) mass is 624 g/mol. The molecule has 2 heterocycles. The van der Waals surface area contributed by atoms with Crippen molar-refractivity contribution in [2.75, 3.05) is 31.8 Å². The van der Waals surface area contributed by atoms with Gasteiger partial charge >= 0.3 is 0 Å². The lowest BCUT2D eigenvalue weighted by molar-refractivity contribution is -0.108. The Morgan fingerprint density at radius 1 is 1.18 bits per heavy atom. The molecular formula is C32H41FN6O4S. The van der Waals surface area contributed by atoms with Crippen LogP contribution in [0.2, 0.25) is 0 Å². The van der Waals surface area contributed by atoms with E-state index in [1.807, 2.05) is 12.1 Å². The van der Waals surface area contributed by atoms with Crippen molar-refractivity contribution in [1.82, 2.24) is 19.2 Å². The maximum Gasteiger partial charge on any atom is 0.261 e. The minimum absolute atomic E-state index is 0.170. The van der Waals surface area contributed by atoms with E-state index in [0.717, 1.165) is 12.1 Å². The number of nitrogens with one attached hydrogen (secondary N) is 2. The van der Waals surface area contributed by atoms with Crippen molar-refractivity contribution in [1.29, 1.82) is 0 Å². The minimum atomic E-state index is -3.30.